The predicted octanol–water partition coefficient (Wildman–Crippen LogP) is -0.433. The molecule has 1 aliphatic rings. The summed E-state index contributed by atoms with van der Waals surface area (Å²) in [7, 11) is -3.15. The van der Waals surface area contributed by atoms with E-state index in [2.05, 4.69) is 5.32 Å². The van der Waals surface area contributed by atoms with Gasteiger partial charge in [0.25, 0.3) is 0 Å². The Morgan fingerprint density at radius 2 is 2.06 bits per heavy atom. The molecule has 0 fully saturated rings. The van der Waals surface area contributed by atoms with Gasteiger partial charge in [-0.05, 0) is 6.42 Å². The number of hydrogen-bond acceptors (Lipinski definition) is 4. The van der Waals surface area contributed by atoms with Crippen LogP contribution in [-0.2, 0) is 19.4 Å². The van der Waals surface area contributed by atoms with E-state index in [-0.39, 0.29) is 24.1 Å². The van der Waals surface area contributed by atoms with Crippen molar-refractivity contribution in [2.75, 3.05) is 12.0 Å². The van der Waals surface area contributed by atoms with Crippen molar-refractivity contribution < 1.29 is 23.1 Å². The van der Waals surface area contributed by atoms with E-state index in [1.54, 1.807) is 6.08 Å². The van der Waals surface area contributed by atoms with Gasteiger partial charge in [0, 0.05) is 18.7 Å². The topological polar surface area (TPSA) is 101 Å². The molecular formula is C10H15NO5S. The van der Waals surface area contributed by atoms with Gasteiger partial charge in [-0.1, -0.05) is 12.2 Å². The fourth-order valence-corrected chi connectivity index (χ4v) is 2.10. The van der Waals surface area contributed by atoms with Crippen molar-refractivity contribution in [3.63, 3.8) is 0 Å². The largest absolute Gasteiger partial charge is 0.481 e. The molecule has 2 N–H and O–H groups in total. The van der Waals surface area contributed by atoms with Gasteiger partial charge in [-0.2, -0.15) is 0 Å². The molecule has 0 aromatic carbocycles. The second-order valence-electron chi connectivity index (χ2n) is 4.12. The van der Waals surface area contributed by atoms with E-state index >= 15 is 0 Å². The second-order valence-corrected chi connectivity index (χ2v) is 6.38. The van der Waals surface area contributed by atoms with Gasteiger partial charge in [0.15, 0.2) is 0 Å². The molecule has 0 aromatic rings. The highest BCUT2D eigenvalue weighted by Gasteiger charge is 2.25. The average molecular weight is 261 g/mol. The van der Waals surface area contributed by atoms with Crippen LogP contribution in [0.25, 0.3) is 0 Å². The zero-order valence-electron chi connectivity index (χ0n) is 9.42. The molecule has 0 aliphatic heterocycles. The Kier molecular flexibility index (Phi) is 4.28. The van der Waals surface area contributed by atoms with E-state index in [1.165, 1.54) is 6.08 Å². The van der Waals surface area contributed by atoms with Crippen LogP contribution in [0.15, 0.2) is 12.2 Å². The van der Waals surface area contributed by atoms with E-state index in [0.29, 0.717) is 6.42 Å². The maximum absolute atomic E-state index is 11.4. The van der Waals surface area contributed by atoms with Crippen molar-refractivity contribution in [1.82, 2.24) is 5.32 Å². The lowest BCUT2D eigenvalue weighted by atomic mass is 10.1. The van der Waals surface area contributed by atoms with Crippen LogP contribution in [0.4, 0.5) is 0 Å². The standard InChI is InChI=1S/C10H15NO5S/c1-17(15,16)5-4-9(12)11-8-3-2-7(6-8)10(13)14/h2-3,7-8H,4-6H2,1H3,(H,11,12)(H,13,14). The summed E-state index contributed by atoms with van der Waals surface area (Å²) in [6.07, 6.45) is 4.44. The molecule has 6 nitrogen and oxygen atoms in total. The Morgan fingerprint density at radius 3 is 2.53 bits per heavy atom. The van der Waals surface area contributed by atoms with Crippen molar-refractivity contribution in [2.24, 2.45) is 5.92 Å². The molecule has 0 radical (unpaired) electrons. The summed E-state index contributed by atoms with van der Waals surface area (Å²) in [6.45, 7) is 0. The van der Waals surface area contributed by atoms with Crippen LogP contribution < -0.4 is 5.32 Å². The monoisotopic (exact) mass is 261 g/mol. The van der Waals surface area contributed by atoms with Gasteiger partial charge in [0.1, 0.15) is 9.84 Å². The summed E-state index contributed by atoms with van der Waals surface area (Å²) in [5.74, 6) is -2.07. The Hall–Kier alpha value is -1.37. The average Bonchev–Trinajstić information content (AvgIpc) is 2.62. The van der Waals surface area contributed by atoms with Crippen LogP contribution in [0, 0.1) is 5.92 Å². The highest BCUT2D eigenvalue weighted by atomic mass is 32.2. The minimum Gasteiger partial charge on any atom is -0.481 e. The zero-order valence-corrected chi connectivity index (χ0v) is 10.2. The third kappa shape index (κ3) is 4.99. The van der Waals surface area contributed by atoms with Crippen LogP contribution in [-0.4, -0.2) is 43.5 Å². The van der Waals surface area contributed by atoms with Crippen LogP contribution in [0.1, 0.15) is 12.8 Å². The highest BCUT2D eigenvalue weighted by Crippen LogP contribution is 2.17. The van der Waals surface area contributed by atoms with Gasteiger partial charge in [0.05, 0.1) is 11.7 Å². The van der Waals surface area contributed by atoms with Crippen LogP contribution in [0.3, 0.4) is 0 Å². The van der Waals surface area contributed by atoms with E-state index < -0.39 is 21.7 Å². The number of sulfone groups is 1. The molecule has 1 aliphatic carbocycles. The van der Waals surface area contributed by atoms with Crippen molar-refractivity contribution in [3.05, 3.63) is 12.2 Å². The first-order valence-corrected chi connectivity index (χ1v) is 7.22. The Bertz CT molecular complexity index is 440. The van der Waals surface area contributed by atoms with Gasteiger partial charge in [0.2, 0.25) is 5.91 Å². The molecule has 17 heavy (non-hydrogen) atoms. The SMILES string of the molecule is CS(=O)(=O)CCC(=O)NC1C=CC(C(=O)O)C1. The summed E-state index contributed by atoms with van der Waals surface area (Å²) in [6, 6.07) is -0.317. The van der Waals surface area contributed by atoms with Gasteiger partial charge in [-0.3, -0.25) is 9.59 Å². The maximum atomic E-state index is 11.4. The minimum atomic E-state index is -3.15. The van der Waals surface area contributed by atoms with Crippen molar-refractivity contribution in [2.45, 2.75) is 18.9 Å². The number of amides is 1. The lowest BCUT2D eigenvalue weighted by Gasteiger charge is -2.11. The molecule has 1 amide bonds. The Morgan fingerprint density at radius 1 is 1.41 bits per heavy atom. The minimum absolute atomic E-state index is 0.0963. The molecule has 0 aromatic heterocycles. The summed E-state index contributed by atoms with van der Waals surface area (Å²) in [5, 5.41) is 11.3. The van der Waals surface area contributed by atoms with Crippen LogP contribution in [0.5, 0.6) is 0 Å². The number of hydrogen-bond donors (Lipinski definition) is 2. The van der Waals surface area contributed by atoms with Gasteiger partial charge >= 0.3 is 5.97 Å². The van der Waals surface area contributed by atoms with Crippen molar-refractivity contribution >= 4 is 21.7 Å². The summed E-state index contributed by atoms with van der Waals surface area (Å²) < 4.78 is 21.7. The number of carboxylic acids is 1. The van der Waals surface area contributed by atoms with Gasteiger partial charge in [-0.25, -0.2) is 8.42 Å². The van der Waals surface area contributed by atoms with Gasteiger partial charge in [-0.15, -0.1) is 0 Å². The number of aliphatic carboxylic acids is 1. The third-order valence-corrected chi connectivity index (χ3v) is 3.39. The molecule has 2 unspecified atom stereocenters. The Balaban J connectivity index is 2.35. The molecule has 0 heterocycles. The van der Waals surface area contributed by atoms with Crippen molar-refractivity contribution in [1.29, 1.82) is 0 Å². The maximum Gasteiger partial charge on any atom is 0.310 e. The molecule has 7 heteroatoms. The number of carbonyl (C=O) groups excluding carboxylic acids is 1. The number of nitrogens with one attached hydrogen (secondary N) is 1. The van der Waals surface area contributed by atoms with Crippen LogP contribution in [0.2, 0.25) is 0 Å². The molecular weight excluding hydrogens is 246 g/mol. The normalized spacial score (nSPS) is 23.6. The molecule has 0 saturated heterocycles. The number of rotatable bonds is 5. The van der Waals surface area contributed by atoms with E-state index in [0.717, 1.165) is 6.26 Å². The molecule has 0 bridgehead atoms. The summed E-state index contributed by atoms with van der Waals surface area (Å²) >= 11 is 0. The quantitative estimate of drug-likeness (QED) is 0.654. The lowest BCUT2D eigenvalue weighted by molar-refractivity contribution is -0.140. The third-order valence-electron chi connectivity index (χ3n) is 2.45. The molecule has 96 valence electrons. The predicted molar refractivity (Wildman–Crippen MR) is 61.1 cm³/mol. The highest BCUT2D eigenvalue weighted by molar-refractivity contribution is 7.90. The number of carbonyl (C=O) groups is 2. The number of carboxylic acid groups (broad SMARTS) is 1. The smallest absolute Gasteiger partial charge is 0.310 e. The van der Waals surface area contributed by atoms with Crippen molar-refractivity contribution in [3.8, 4) is 0 Å². The first-order valence-electron chi connectivity index (χ1n) is 5.16. The van der Waals surface area contributed by atoms with E-state index in [1.807, 2.05) is 0 Å². The molecule has 1 rings (SSSR count). The first kappa shape index (κ1) is 13.7. The van der Waals surface area contributed by atoms with Gasteiger partial charge < -0.3 is 10.4 Å². The summed E-state index contributed by atoms with van der Waals surface area (Å²) in [4.78, 5) is 22.0. The lowest BCUT2D eigenvalue weighted by Crippen LogP contribution is -2.34. The molecule has 2 atom stereocenters. The van der Waals surface area contributed by atoms with Crippen LogP contribution >= 0.6 is 0 Å². The molecule has 0 spiro atoms. The first-order chi connectivity index (χ1) is 7.78. The fraction of sp³-hybridized carbons (Fsp3) is 0.600. The van der Waals surface area contributed by atoms with E-state index in [9.17, 15) is 18.0 Å². The second kappa shape index (κ2) is 5.31. The zero-order chi connectivity index (χ0) is 13.1. The fourth-order valence-electron chi connectivity index (χ4n) is 1.55. The summed E-state index contributed by atoms with van der Waals surface area (Å²) in [5.41, 5.74) is 0. The van der Waals surface area contributed by atoms with E-state index in [4.69, 9.17) is 5.11 Å². The Labute approximate surface area is 99.6 Å². The molecule has 0 saturated carbocycles.